The molecule has 0 saturated carbocycles. The number of rotatable bonds is 7. The van der Waals surface area contributed by atoms with Gasteiger partial charge in [-0.1, -0.05) is 12.1 Å². The number of pyridine rings is 1. The van der Waals surface area contributed by atoms with Crippen LogP contribution in [0.3, 0.4) is 0 Å². The van der Waals surface area contributed by atoms with Crippen molar-refractivity contribution in [2.75, 3.05) is 30.8 Å². The molecule has 7 nitrogen and oxygen atoms in total. The van der Waals surface area contributed by atoms with Gasteiger partial charge in [0.05, 0.1) is 11.4 Å². The predicted molar refractivity (Wildman–Crippen MR) is 122 cm³/mol. The lowest BCUT2D eigenvalue weighted by Crippen LogP contribution is -2.36. The molecule has 8 heteroatoms. The van der Waals surface area contributed by atoms with E-state index in [1.807, 2.05) is 38.2 Å². The maximum Gasteiger partial charge on any atom is 0.191 e. The van der Waals surface area contributed by atoms with E-state index in [9.17, 15) is 8.42 Å². The van der Waals surface area contributed by atoms with Crippen LogP contribution in [0.2, 0.25) is 0 Å². The minimum atomic E-state index is -3.21. The van der Waals surface area contributed by atoms with Gasteiger partial charge in [-0.25, -0.2) is 18.4 Å². The van der Waals surface area contributed by atoms with E-state index in [1.165, 1.54) is 19.1 Å². The van der Waals surface area contributed by atoms with Gasteiger partial charge in [0.15, 0.2) is 15.8 Å². The summed E-state index contributed by atoms with van der Waals surface area (Å²) in [5, 5.41) is 6.63. The van der Waals surface area contributed by atoms with Crippen molar-refractivity contribution in [3.8, 4) is 0 Å². The van der Waals surface area contributed by atoms with E-state index < -0.39 is 9.84 Å². The molecule has 0 unspecified atom stereocenters. The minimum Gasteiger partial charge on any atom is -0.357 e. The Hall–Kier alpha value is -2.61. The lowest BCUT2D eigenvalue weighted by Gasteiger charge is -2.17. The summed E-state index contributed by atoms with van der Waals surface area (Å²) in [5.41, 5.74) is 2.87. The second kappa shape index (κ2) is 9.93. The summed E-state index contributed by atoms with van der Waals surface area (Å²) in [5.74, 6) is 1.76. The Morgan fingerprint density at radius 3 is 2.57 bits per heavy atom. The van der Waals surface area contributed by atoms with Gasteiger partial charge in [-0.3, -0.25) is 0 Å². The second-order valence-corrected chi connectivity index (χ2v) is 9.62. The summed E-state index contributed by atoms with van der Waals surface area (Å²) in [6.45, 7) is 7.87. The molecule has 162 valence electrons. The largest absolute Gasteiger partial charge is 0.357 e. The molecule has 1 saturated heterocycles. The van der Waals surface area contributed by atoms with Crippen LogP contribution in [0.4, 0.5) is 5.82 Å². The van der Waals surface area contributed by atoms with Gasteiger partial charge < -0.3 is 15.5 Å². The number of nitrogens with one attached hydrogen (secondary N) is 2. The monoisotopic (exact) mass is 429 g/mol. The van der Waals surface area contributed by atoms with E-state index in [-0.39, 0.29) is 0 Å². The standard InChI is InChI=1S/C22H31N5O2S/c1-4-23-22(25-15-18-7-8-20(17(2)13-18)30(3,28)29)26-16-19-9-10-24-21(14-19)27-11-5-6-12-27/h7-10,13-14H,4-6,11-12,15-16H2,1-3H3,(H2,23,25,26). The van der Waals surface area contributed by atoms with Crippen LogP contribution in [0.15, 0.2) is 46.4 Å². The van der Waals surface area contributed by atoms with Gasteiger partial charge in [0.25, 0.3) is 0 Å². The van der Waals surface area contributed by atoms with E-state index in [0.717, 1.165) is 48.1 Å². The Labute approximate surface area is 179 Å². The molecule has 1 aliphatic rings. The molecule has 1 aromatic heterocycles. The Balaban J connectivity index is 1.65. The lowest BCUT2D eigenvalue weighted by molar-refractivity contribution is 0.601. The molecule has 1 fully saturated rings. The second-order valence-electron chi connectivity index (χ2n) is 7.64. The number of guanidine groups is 1. The molecule has 2 aromatic rings. The minimum absolute atomic E-state index is 0.367. The van der Waals surface area contributed by atoms with Crippen LogP contribution in [0.1, 0.15) is 36.5 Å². The van der Waals surface area contributed by atoms with Crippen molar-refractivity contribution in [3.05, 3.63) is 53.2 Å². The summed E-state index contributed by atoms with van der Waals surface area (Å²) in [7, 11) is -3.21. The summed E-state index contributed by atoms with van der Waals surface area (Å²) < 4.78 is 23.6. The molecule has 3 rings (SSSR count). The molecule has 0 aliphatic carbocycles. The van der Waals surface area contributed by atoms with Crippen molar-refractivity contribution in [2.45, 2.75) is 44.7 Å². The Morgan fingerprint density at radius 1 is 1.13 bits per heavy atom. The van der Waals surface area contributed by atoms with E-state index in [0.29, 0.717) is 18.0 Å². The van der Waals surface area contributed by atoms with Crippen LogP contribution in [-0.4, -0.2) is 45.3 Å². The number of aryl methyl sites for hydroxylation is 1. The number of hydrogen-bond donors (Lipinski definition) is 2. The lowest BCUT2D eigenvalue weighted by atomic mass is 10.1. The highest BCUT2D eigenvalue weighted by atomic mass is 32.2. The third-order valence-corrected chi connectivity index (χ3v) is 6.36. The highest BCUT2D eigenvalue weighted by Crippen LogP contribution is 2.19. The molecule has 30 heavy (non-hydrogen) atoms. The van der Waals surface area contributed by atoms with Gasteiger partial charge in [0.2, 0.25) is 0 Å². The van der Waals surface area contributed by atoms with Gasteiger partial charge in [-0.2, -0.15) is 0 Å². The Kier molecular flexibility index (Phi) is 7.31. The zero-order valence-corrected chi connectivity index (χ0v) is 18.8. The zero-order valence-electron chi connectivity index (χ0n) is 18.0. The SMILES string of the molecule is CCNC(=NCc1ccc(S(C)(=O)=O)c(C)c1)NCc1ccnc(N2CCCC2)c1. The van der Waals surface area contributed by atoms with Crippen LogP contribution in [-0.2, 0) is 22.9 Å². The molecular formula is C22H31N5O2S. The van der Waals surface area contributed by atoms with E-state index >= 15 is 0 Å². The molecule has 0 amide bonds. The summed E-state index contributed by atoms with van der Waals surface area (Å²) >= 11 is 0. The summed E-state index contributed by atoms with van der Waals surface area (Å²) in [6.07, 6.45) is 5.55. The third kappa shape index (κ3) is 5.95. The smallest absolute Gasteiger partial charge is 0.191 e. The molecule has 2 heterocycles. The number of benzene rings is 1. The van der Waals surface area contributed by atoms with Gasteiger partial charge >= 0.3 is 0 Å². The van der Waals surface area contributed by atoms with Crippen molar-refractivity contribution in [3.63, 3.8) is 0 Å². The van der Waals surface area contributed by atoms with E-state index in [1.54, 1.807) is 6.07 Å². The van der Waals surface area contributed by atoms with Crippen molar-refractivity contribution in [2.24, 2.45) is 4.99 Å². The van der Waals surface area contributed by atoms with Gasteiger partial charge in [0, 0.05) is 38.6 Å². The average molecular weight is 430 g/mol. The number of anilines is 1. The van der Waals surface area contributed by atoms with Crippen molar-refractivity contribution in [1.82, 2.24) is 15.6 Å². The van der Waals surface area contributed by atoms with Crippen LogP contribution in [0, 0.1) is 6.92 Å². The predicted octanol–water partition coefficient (Wildman–Crippen LogP) is 2.65. The molecule has 0 atom stereocenters. The topological polar surface area (TPSA) is 86.7 Å². The van der Waals surface area contributed by atoms with Gasteiger partial charge in [-0.15, -0.1) is 0 Å². The first-order chi connectivity index (χ1) is 14.4. The van der Waals surface area contributed by atoms with Crippen LogP contribution >= 0.6 is 0 Å². The highest BCUT2D eigenvalue weighted by molar-refractivity contribution is 7.90. The fourth-order valence-electron chi connectivity index (χ4n) is 3.61. The van der Waals surface area contributed by atoms with Crippen LogP contribution in [0.5, 0.6) is 0 Å². The fraction of sp³-hybridized carbons (Fsp3) is 0.455. The van der Waals surface area contributed by atoms with Gasteiger partial charge in [-0.05, 0) is 61.6 Å². The number of sulfone groups is 1. The summed E-state index contributed by atoms with van der Waals surface area (Å²) in [6, 6.07) is 9.52. The molecule has 2 N–H and O–H groups in total. The van der Waals surface area contributed by atoms with Crippen molar-refractivity contribution >= 4 is 21.6 Å². The number of nitrogens with zero attached hydrogens (tertiary/aromatic N) is 3. The molecular weight excluding hydrogens is 398 g/mol. The maximum atomic E-state index is 11.8. The van der Waals surface area contributed by atoms with E-state index in [2.05, 4.69) is 31.6 Å². The maximum absolute atomic E-state index is 11.8. The molecule has 0 radical (unpaired) electrons. The number of aliphatic imine (C=N–C) groups is 1. The van der Waals surface area contributed by atoms with Gasteiger partial charge in [0.1, 0.15) is 5.82 Å². The molecule has 0 bridgehead atoms. The van der Waals surface area contributed by atoms with Crippen molar-refractivity contribution < 1.29 is 8.42 Å². The normalized spacial score (nSPS) is 14.8. The Morgan fingerprint density at radius 2 is 1.90 bits per heavy atom. The first kappa shape index (κ1) is 22.1. The molecule has 0 spiro atoms. The molecule has 1 aromatic carbocycles. The van der Waals surface area contributed by atoms with Crippen molar-refractivity contribution in [1.29, 1.82) is 0 Å². The number of aromatic nitrogens is 1. The van der Waals surface area contributed by atoms with E-state index in [4.69, 9.17) is 0 Å². The van der Waals surface area contributed by atoms with Crippen LogP contribution < -0.4 is 15.5 Å². The first-order valence-corrected chi connectivity index (χ1v) is 12.3. The quantitative estimate of drug-likeness (QED) is 0.520. The third-order valence-electron chi connectivity index (χ3n) is 5.10. The zero-order chi connectivity index (χ0) is 21.6. The average Bonchev–Trinajstić information content (AvgIpc) is 3.24. The Bertz CT molecular complexity index is 998. The summed E-state index contributed by atoms with van der Waals surface area (Å²) in [4.78, 5) is 11.8. The van der Waals surface area contributed by atoms with Crippen LogP contribution in [0.25, 0.3) is 0 Å². The first-order valence-electron chi connectivity index (χ1n) is 10.4. The fourth-order valence-corrected chi connectivity index (χ4v) is 4.57. The molecule has 1 aliphatic heterocycles. The number of hydrogen-bond acceptors (Lipinski definition) is 5. The highest BCUT2D eigenvalue weighted by Gasteiger charge is 2.14.